The Hall–Kier alpha value is -5.80. The quantitative estimate of drug-likeness (QED) is 0.0160. The van der Waals surface area contributed by atoms with Gasteiger partial charge < -0.3 is 46.1 Å². The van der Waals surface area contributed by atoms with Crippen LogP contribution in [0, 0.1) is 0 Å². The van der Waals surface area contributed by atoms with E-state index < -0.39 is 0 Å². The number of phenolic OH excluding ortho intramolecular Hbond substituents is 1. The number of allylic oxidation sites excluding steroid dienone is 2. The Balaban J connectivity index is 0.000000233. The molecule has 94 heavy (non-hydrogen) atoms. The second-order valence-electron chi connectivity index (χ2n) is 22.3. The summed E-state index contributed by atoms with van der Waals surface area (Å²) in [7, 11) is 0. The number of aromatic amines is 2. The second kappa shape index (κ2) is 46.4. The fourth-order valence-corrected chi connectivity index (χ4v) is 9.88. The molecule has 3 aliphatic carbocycles. The van der Waals surface area contributed by atoms with Crippen molar-refractivity contribution in [3.05, 3.63) is 187 Å². The number of halogens is 4. The van der Waals surface area contributed by atoms with Crippen molar-refractivity contribution >= 4 is 174 Å². The lowest BCUT2D eigenvalue weighted by molar-refractivity contribution is -0.129. The molecule has 9 aromatic rings. The number of rotatable bonds is 10. The van der Waals surface area contributed by atoms with Crippen LogP contribution in [0.25, 0.3) is 43.6 Å². The maximum Gasteiger partial charge on any atom is 0.157 e. The Morgan fingerprint density at radius 3 is 1.63 bits per heavy atom. The molecule has 1 saturated heterocycles. The van der Waals surface area contributed by atoms with Crippen molar-refractivity contribution in [2.45, 2.75) is 152 Å². The number of Topliss-reactive ketones (excluding diaryl/α,β-unsaturated/α-hetero) is 3. The number of H-pyrrole nitrogens is 2. The third-order valence-corrected chi connectivity index (χ3v) is 18.3. The van der Waals surface area contributed by atoms with Crippen molar-refractivity contribution in [1.29, 1.82) is 0 Å². The van der Waals surface area contributed by atoms with Crippen LogP contribution in [0.15, 0.2) is 182 Å². The number of ether oxygens (including phenoxy) is 2. The van der Waals surface area contributed by atoms with Gasteiger partial charge in [-0.3, -0.25) is 25.0 Å². The Morgan fingerprint density at radius 1 is 0.606 bits per heavy atom. The molecule has 0 spiro atoms. The highest BCUT2D eigenvalue weighted by Crippen LogP contribution is 2.42. The molecular formula is C76H97I4N7O7. The Morgan fingerprint density at radius 2 is 1.11 bits per heavy atom. The zero-order valence-corrected chi connectivity index (χ0v) is 62.9. The summed E-state index contributed by atoms with van der Waals surface area (Å²) in [6.07, 6.45) is 14.8. The van der Waals surface area contributed by atoms with E-state index in [2.05, 4.69) is 193 Å². The number of nitrogen functional groups attached to an aromatic ring is 1. The third-order valence-electron chi connectivity index (χ3n) is 14.4. The van der Waals surface area contributed by atoms with Crippen molar-refractivity contribution in [3.63, 3.8) is 0 Å². The van der Waals surface area contributed by atoms with Crippen LogP contribution in [-0.4, -0.2) is 74.4 Å². The lowest BCUT2D eigenvalue weighted by Gasteiger charge is -2.24. The van der Waals surface area contributed by atoms with Crippen molar-refractivity contribution in [1.82, 2.24) is 15.4 Å². The van der Waals surface area contributed by atoms with Gasteiger partial charge in [-0.25, -0.2) is 0 Å². The molecule has 14 nitrogen and oxygen atoms in total. The van der Waals surface area contributed by atoms with Gasteiger partial charge in [0, 0.05) is 87.5 Å². The summed E-state index contributed by atoms with van der Waals surface area (Å²) in [5.74, 6) is 7.35. The summed E-state index contributed by atoms with van der Waals surface area (Å²) >= 11 is 9.49. The number of carbonyl (C=O) groups is 4. The van der Waals surface area contributed by atoms with E-state index in [0.29, 0.717) is 43.4 Å². The molecule has 0 radical (unpaired) electrons. The van der Waals surface area contributed by atoms with E-state index >= 15 is 0 Å². The largest absolute Gasteiger partial charge is 0.507 e. The summed E-state index contributed by atoms with van der Waals surface area (Å²) in [6.45, 7) is 12.2. The van der Waals surface area contributed by atoms with Gasteiger partial charge in [0.25, 0.3) is 0 Å². The van der Waals surface area contributed by atoms with Crippen molar-refractivity contribution in [3.8, 4) is 11.5 Å². The lowest BCUT2D eigenvalue weighted by Crippen LogP contribution is -2.30. The molecule has 7 aromatic carbocycles. The van der Waals surface area contributed by atoms with E-state index in [-0.39, 0.29) is 43.2 Å². The fourth-order valence-electron chi connectivity index (χ4n) is 9.88. The first-order valence-corrected chi connectivity index (χ1v) is 37.8. The average molecular weight is 1730 g/mol. The Labute approximate surface area is 612 Å². The molecule has 14 rings (SSSR count). The number of fused-ring (bicyclic) bond motifs is 9. The summed E-state index contributed by atoms with van der Waals surface area (Å²) in [5, 5.41) is 17.5. The van der Waals surface area contributed by atoms with Crippen molar-refractivity contribution in [2.24, 2.45) is 5.84 Å². The predicted molar refractivity (Wildman–Crippen MR) is 430 cm³/mol. The number of anilines is 3. The number of phenols is 1. The van der Waals surface area contributed by atoms with E-state index in [1.54, 1.807) is 12.1 Å². The van der Waals surface area contributed by atoms with Gasteiger partial charge in [-0.1, -0.05) is 242 Å². The van der Waals surface area contributed by atoms with Crippen LogP contribution in [0.4, 0.5) is 17.1 Å². The average Bonchev–Trinajstić information content (AvgIpc) is 1.67. The Bertz CT molecular complexity index is 3650. The second-order valence-corrected chi connectivity index (χ2v) is 29.8. The van der Waals surface area contributed by atoms with Crippen LogP contribution >= 0.6 is 90.4 Å². The number of alkyl halides is 4. The minimum atomic E-state index is 0. The minimum Gasteiger partial charge on any atom is -0.507 e. The first kappa shape index (κ1) is 80.6. The van der Waals surface area contributed by atoms with Crippen LogP contribution in [0.2, 0.25) is 0 Å². The molecule has 2 saturated carbocycles. The minimum absolute atomic E-state index is 0. The first-order chi connectivity index (χ1) is 45.2. The highest BCUT2D eigenvalue weighted by molar-refractivity contribution is 14.2. The molecule has 2 aromatic heterocycles. The van der Waals surface area contributed by atoms with Crippen LogP contribution in [0.5, 0.6) is 11.5 Å². The molecule has 18 heteroatoms. The van der Waals surface area contributed by atoms with Gasteiger partial charge in [-0.2, -0.15) is 0 Å². The number of nitrogens with one attached hydrogen (secondary N) is 6. The van der Waals surface area contributed by atoms with Gasteiger partial charge in [-0.05, 0) is 133 Å². The van der Waals surface area contributed by atoms with E-state index in [4.69, 9.17) is 15.3 Å². The molecular weight excluding hydrogens is 1630 g/mol. The number of hydrogen-bond donors (Lipinski definition) is 8. The zero-order chi connectivity index (χ0) is 67.2. The molecule has 0 amide bonds. The smallest absolute Gasteiger partial charge is 0.157 e. The van der Waals surface area contributed by atoms with Gasteiger partial charge in [0.05, 0.1) is 37.6 Å². The molecule has 4 heterocycles. The number of epoxide rings is 1. The van der Waals surface area contributed by atoms with Crippen LogP contribution in [0.3, 0.4) is 0 Å². The molecule has 2 aliphatic heterocycles. The molecule has 506 valence electrons. The summed E-state index contributed by atoms with van der Waals surface area (Å²) in [6, 6.07) is 55.9. The van der Waals surface area contributed by atoms with Gasteiger partial charge in [0.2, 0.25) is 0 Å². The number of aromatic nitrogens is 2. The molecule has 9 N–H and O–H groups in total. The van der Waals surface area contributed by atoms with E-state index in [9.17, 15) is 24.3 Å². The summed E-state index contributed by atoms with van der Waals surface area (Å²) in [4.78, 5) is 50.5. The fraction of sp³-hybridized carbons (Fsp3) is 0.368. The number of hydrogen-bond acceptors (Lipinski definition) is 12. The number of aromatic hydroxyl groups is 1. The van der Waals surface area contributed by atoms with Crippen molar-refractivity contribution < 1.29 is 33.8 Å². The molecule has 3 fully saturated rings. The number of ketones is 4. The maximum absolute atomic E-state index is 11.8. The molecule has 0 bridgehead atoms. The van der Waals surface area contributed by atoms with Crippen molar-refractivity contribution in [2.75, 3.05) is 38.2 Å². The van der Waals surface area contributed by atoms with Gasteiger partial charge in [0.15, 0.2) is 5.78 Å². The monoisotopic (exact) mass is 1730 g/mol. The third kappa shape index (κ3) is 28.5. The summed E-state index contributed by atoms with van der Waals surface area (Å²) in [5.41, 5.74) is 18.2. The first-order valence-electron chi connectivity index (χ1n) is 32.3. The SMILES string of the molecule is C.CCC.CCC(I)I.CCCI.CCCI.NNc1ccccc1.O=C1C=C(NNc2ccccc2)CCC1.O=C1CCCC(=O)C1.O=C1CCCC2Nc3ccccc3C12.Oc1cccc2[nH]c3ccccc3c12.c1ccc2c(c1)[nH]c1cccc(OC[C@@H]3CO3)c12. The number of para-hydroxylation sites is 5. The van der Waals surface area contributed by atoms with E-state index in [0.717, 1.165) is 114 Å². The number of carbonyl (C=O) groups excluding carboxylic acids is 4. The normalized spacial score (nSPS) is 15.9. The topological polar surface area (TPSA) is 216 Å². The number of benzene rings is 7. The molecule has 2 unspecified atom stereocenters. The van der Waals surface area contributed by atoms with Gasteiger partial charge >= 0.3 is 0 Å². The number of hydrazine groups is 2. The maximum atomic E-state index is 11.8. The lowest BCUT2D eigenvalue weighted by atomic mass is 9.82. The summed E-state index contributed by atoms with van der Waals surface area (Å²) < 4.78 is 14.4. The van der Waals surface area contributed by atoms with Gasteiger partial charge in [0.1, 0.15) is 41.6 Å². The van der Waals surface area contributed by atoms with E-state index in [1.165, 1.54) is 45.5 Å². The van der Waals surface area contributed by atoms with Crippen LogP contribution < -0.4 is 32.2 Å². The number of nitrogens with two attached hydrogens (primary N) is 1. The highest BCUT2D eigenvalue weighted by Gasteiger charge is 2.39. The Kier molecular flexibility index (Phi) is 39.8. The standard InChI is InChI=1S/C15H13NO2.C12H14N2O.C12H13NO.C12H9NO.C6H8N2.C6H8O2.C3H6I2.2C3H7I.C3H8.CH4/c1-2-5-12-11(4-1)15-13(16-12)6-3-7-14(15)18-9-10-8-17-10;15-12-8-4-7-11(9-12)14-13-10-5-2-1-3-6-10;2*14-11-7-3-6-10-12(11)8-4-1-2-5-9(8)13-10;7-8-6-4-2-1-3-5-6;7-5-2-1-3-6(8)4-5;1-2-3(4)5;2*1-2-3-4;1-3-2;/h1-7,10,16H,8-9H2;1-3,5-6,9,13-14H,4,7-8H2;1-2,4-5,10,12-13H,3,6-7H2;1-7,13-14H;1-5,8H,7H2;1-4H2;3H,2H2,1H3;2*2-3H2,1H3;3H2,1-2H3;1H4/t10-;;;;;;;;;;/m0........../s1. The van der Waals surface area contributed by atoms with Crippen LogP contribution in [-0.2, 0) is 23.9 Å². The predicted octanol–water partition coefficient (Wildman–Crippen LogP) is 20.7. The molecule has 3 atom stereocenters. The zero-order valence-electron chi connectivity index (χ0n) is 54.3. The van der Waals surface area contributed by atoms with E-state index in [1.807, 2.05) is 127 Å². The van der Waals surface area contributed by atoms with Crippen LogP contribution in [0.1, 0.15) is 143 Å². The van der Waals surface area contributed by atoms with Gasteiger partial charge in [-0.15, -0.1) is 0 Å². The highest BCUT2D eigenvalue weighted by atomic mass is 127. The molecule has 5 aliphatic rings.